The largest absolute Gasteiger partial charge is 0.396 e. The minimum absolute atomic E-state index is 0.0415. The van der Waals surface area contributed by atoms with Crippen LogP contribution in [0, 0.1) is 5.41 Å². The molecular formula is C12H22N2O2. The molecule has 0 bridgehead atoms. The maximum Gasteiger partial charge on any atom is 0.234 e. The Hall–Kier alpha value is -0.610. The Morgan fingerprint density at radius 2 is 2.00 bits per heavy atom. The number of carbonyl (C=O) groups is 1. The smallest absolute Gasteiger partial charge is 0.234 e. The summed E-state index contributed by atoms with van der Waals surface area (Å²) in [5, 5.41) is 15.5. The van der Waals surface area contributed by atoms with Gasteiger partial charge in [0.25, 0.3) is 0 Å². The molecule has 2 aliphatic rings. The van der Waals surface area contributed by atoms with Crippen molar-refractivity contribution in [3.05, 3.63) is 0 Å². The quantitative estimate of drug-likeness (QED) is 0.614. The summed E-state index contributed by atoms with van der Waals surface area (Å²) in [6, 6.07) is 0.438. The van der Waals surface area contributed by atoms with Gasteiger partial charge < -0.3 is 15.7 Å². The molecule has 92 valence electrons. The molecular weight excluding hydrogens is 204 g/mol. The fourth-order valence-electron chi connectivity index (χ4n) is 2.46. The third-order valence-corrected chi connectivity index (χ3v) is 3.73. The van der Waals surface area contributed by atoms with E-state index < -0.39 is 0 Å². The van der Waals surface area contributed by atoms with Crippen molar-refractivity contribution >= 4 is 5.91 Å². The molecule has 0 heterocycles. The van der Waals surface area contributed by atoms with Crippen LogP contribution >= 0.6 is 0 Å². The van der Waals surface area contributed by atoms with E-state index in [0.717, 1.165) is 32.2 Å². The highest BCUT2D eigenvalue weighted by atomic mass is 16.3. The average Bonchev–Trinajstić information content (AvgIpc) is 2.96. The number of nitrogens with one attached hydrogen (secondary N) is 2. The summed E-state index contributed by atoms with van der Waals surface area (Å²) in [5.74, 6) is 0.0913. The van der Waals surface area contributed by atoms with Gasteiger partial charge in [-0.1, -0.05) is 12.8 Å². The zero-order chi connectivity index (χ0) is 11.4. The molecule has 0 unspecified atom stereocenters. The van der Waals surface area contributed by atoms with Crippen molar-refractivity contribution < 1.29 is 9.90 Å². The van der Waals surface area contributed by atoms with Gasteiger partial charge in [-0.25, -0.2) is 0 Å². The Balaban J connectivity index is 1.63. The summed E-state index contributed by atoms with van der Waals surface area (Å²) in [4.78, 5) is 11.4. The molecule has 4 heteroatoms. The van der Waals surface area contributed by atoms with Crippen LogP contribution in [0.5, 0.6) is 0 Å². The molecule has 0 aromatic rings. The second-order valence-electron chi connectivity index (χ2n) is 5.31. The molecule has 0 atom stereocenters. The first-order chi connectivity index (χ1) is 7.74. The number of carbonyl (C=O) groups excluding carboxylic acids is 1. The van der Waals surface area contributed by atoms with Gasteiger partial charge >= 0.3 is 0 Å². The van der Waals surface area contributed by atoms with E-state index in [1.165, 1.54) is 12.8 Å². The minimum atomic E-state index is 0.0415. The summed E-state index contributed by atoms with van der Waals surface area (Å²) in [7, 11) is 0. The van der Waals surface area contributed by atoms with Crippen LogP contribution in [0.15, 0.2) is 0 Å². The minimum Gasteiger partial charge on any atom is -0.396 e. The second kappa shape index (κ2) is 5.15. The molecule has 0 radical (unpaired) electrons. The Bertz CT molecular complexity index is 245. The van der Waals surface area contributed by atoms with Gasteiger partial charge in [0.05, 0.1) is 6.54 Å². The molecule has 4 nitrogen and oxygen atoms in total. The third-order valence-electron chi connectivity index (χ3n) is 3.73. The monoisotopic (exact) mass is 226 g/mol. The average molecular weight is 226 g/mol. The summed E-state index contributed by atoms with van der Waals surface area (Å²) in [5.41, 5.74) is 0.0415. The van der Waals surface area contributed by atoms with Crippen molar-refractivity contribution in [2.75, 3.05) is 19.7 Å². The van der Waals surface area contributed by atoms with E-state index in [0.29, 0.717) is 12.6 Å². The fraction of sp³-hybridized carbons (Fsp3) is 0.917. The SMILES string of the molecule is O=C(CNCC1(CO)CCCC1)NC1CC1. The predicted octanol–water partition coefficient (Wildman–Crippen LogP) is 0.407. The highest BCUT2D eigenvalue weighted by molar-refractivity contribution is 5.78. The number of aliphatic hydroxyl groups excluding tert-OH is 1. The highest BCUT2D eigenvalue weighted by Crippen LogP contribution is 2.36. The first-order valence-corrected chi connectivity index (χ1v) is 6.35. The lowest BCUT2D eigenvalue weighted by Gasteiger charge is -2.26. The lowest BCUT2D eigenvalue weighted by Crippen LogP contribution is -2.41. The van der Waals surface area contributed by atoms with Crippen LogP contribution in [0.4, 0.5) is 0 Å². The maximum atomic E-state index is 11.4. The van der Waals surface area contributed by atoms with Crippen molar-refractivity contribution in [2.24, 2.45) is 5.41 Å². The van der Waals surface area contributed by atoms with E-state index in [2.05, 4.69) is 10.6 Å². The lowest BCUT2D eigenvalue weighted by atomic mass is 9.87. The fourth-order valence-corrected chi connectivity index (χ4v) is 2.46. The van der Waals surface area contributed by atoms with Gasteiger partial charge in [0, 0.05) is 24.6 Å². The van der Waals surface area contributed by atoms with Crippen molar-refractivity contribution in [3.63, 3.8) is 0 Å². The van der Waals surface area contributed by atoms with E-state index in [9.17, 15) is 9.90 Å². The highest BCUT2D eigenvalue weighted by Gasteiger charge is 2.32. The third kappa shape index (κ3) is 3.19. The first kappa shape index (κ1) is 11.9. The van der Waals surface area contributed by atoms with E-state index >= 15 is 0 Å². The number of hydrogen-bond donors (Lipinski definition) is 3. The molecule has 0 aromatic heterocycles. The van der Waals surface area contributed by atoms with E-state index in [4.69, 9.17) is 0 Å². The molecule has 0 aliphatic heterocycles. The van der Waals surface area contributed by atoms with Gasteiger partial charge in [-0.3, -0.25) is 4.79 Å². The molecule has 1 amide bonds. The molecule has 2 aliphatic carbocycles. The molecule has 0 saturated heterocycles. The topological polar surface area (TPSA) is 61.4 Å². The number of amides is 1. The van der Waals surface area contributed by atoms with Gasteiger partial charge in [-0.15, -0.1) is 0 Å². The van der Waals surface area contributed by atoms with Crippen molar-refractivity contribution in [2.45, 2.75) is 44.6 Å². The Kier molecular flexibility index (Phi) is 3.82. The molecule has 2 saturated carbocycles. The second-order valence-corrected chi connectivity index (χ2v) is 5.31. The Morgan fingerprint density at radius 1 is 1.31 bits per heavy atom. The van der Waals surface area contributed by atoms with Crippen molar-refractivity contribution in [1.82, 2.24) is 10.6 Å². The number of aliphatic hydroxyl groups is 1. The molecule has 2 rings (SSSR count). The summed E-state index contributed by atoms with van der Waals surface area (Å²) >= 11 is 0. The van der Waals surface area contributed by atoms with E-state index in [-0.39, 0.29) is 17.9 Å². The van der Waals surface area contributed by atoms with Gasteiger partial charge in [-0.05, 0) is 25.7 Å². The number of hydrogen-bond acceptors (Lipinski definition) is 3. The summed E-state index contributed by atoms with van der Waals surface area (Å²) in [6.07, 6.45) is 6.84. The van der Waals surface area contributed by atoms with Crippen LogP contribution in [-0.4, -0.2) is 36.8 Å². The summed E-state index contributed by atoms with van der Waals surface area (Å²) in [6.45, 7) is 1.39. The van der Waals surface area contributed by atoms with Crippen LogP contribution in [0.3, 0.4) is 0 Å². The van der Waals surface area contributed by atoms with Crippen molar-refractivity contribution in [3.8, 4) is 0 Å². The molecule has 0 aromatic carbocycles. The maximum absolute atomic E-state index is 11.4. The van der Waals surface area contributed by atoms with Crippen molar-refractivity contribution in [1.29, 1.82) is 0 Å². The van der Waals surface area contributed by atoms with Crippen LogP contribution in [0.2, 0.25) is 0 Å². The molecule has 3 N–H and O–H groups in total. The van der Waals surface area contributed by atoms with Crippen LogP contribution in [-0.2, 0) is 4.79 Å². The van der Waals surface area contributed by atoms with Crippen LogP contribution in [0.25, 0.3) is 0 Å². The lowest BCUT2D eigenvalue weighted by molar-refractivity contribution is -0.120. The predicted molar refractivity (Wildman–Crippen MR) is 62.0 cm³/mol. The van der Waals surface area contributed by atoms with Crippen LogP contribution < -0.4 is 10.6 Å². The van der Waals surface area contributed by atoms with Crippen LogP contribution in [0.1, 0.15) is 38.5 Å². The van der Waals surface area contributed by atoms with Gasteiger partial charge in [0.2, 0.25) is 5.91 Å². The zero-order valence-corrected chi connectivity index (χ0v) is 9.80. The Labute approximate surface area is 96.8 Å². The van der Waals surface area contributed by atoms with E-state index in [1.54, 1.807) is 0 Å². The van der Waals surface area contributed by atoms with Gasteiger partial charge in [-0.2, -0.15) is 0 Å². The van der Waals surface area contributed by atoms with Gasteiger partial charge in [0.1, 0.15) is 0 Å². The first-order valence-electron chi connectivity index (χ1n) is 6.35. The van der Waals surface area contributed by atoms with E-state index in [1.807, 2.05) is 0 Å². The molecule has 0 spiro atoms. The normalized spacial score (nSPS) is 23.3. The molecule has 2 fully saturated rings. The summed E-state index contributed by atoms with van der Waals surface area (Å²) < 4.78 is 0. The standard InChI is InChI=1S/C12H22N2O2/c15-9-12(5-1-2-6-12)8-13-7-11(16)14-10-3-4-10/h10,13,15H,1-9H2,(H,14,16). The zero-order valence-electron chi connectivity index (χ0n) is 9.80. The Morgan fingerprint density at radius 3 is 2.56 bits per heavy atom. The van der Waals surface area contributed by atoms with Gasteiger partial charge in [0.15, 0.2) is 0 Å². The number of rotatable bonds is 6. The molecule has 16 heavy (non-hydrogen) atoms.